The van der Waals surface area contributed by atoms with Gasteiger partial charge in [0, 0.05) is 11.3 Å². The van der Waals surface area contributed by atoms with Gasteiger partial charge in [-0.1, -0.05) is 36.4 Å². The molecule has 0 aliphatic heterocycles. The fourth-order valence-electron chi connectivity index (χ4n) is 2.97. The van der Waals surface area contributed by atoms with Gasteiger partial charge in [-0.25, -0.2) is 4.39 Å². The second kappa shape index (κ2) is 4.18. The molecule has 0 radical (unpaired) electrons. The molecule has 0 amide bonds. The number of para-hydroxylation sites is 1. The SMILES string of the molecule is OC(c1cc2cccc(F)c2o1)C1Cc2ccccc21. The Morgan fingerprint density at radius 3 is 2.80 bits per heavy atom. The van der Waals surface area contributed by atoms with Crippen LogP contribution in [-0.4, -0.2) is 5.11 Å². The largest absolute Gasteiger partial charge is 0.455 e. The van der Waals surface area contributed by atoms with E-state index in [1.807, 2.05) is 18.2 Å². The molecule has 100 valence electrons. The molecule has 0 bridgehead atoms. The Kier molecular flexibility index (Phi) is 2.44. The lowest BCUT2D eigenvalue weighted by atomic mass is 9.74. The second-order valence-electron chi connectivity index (χ2n) is 5.26. The quantitative estimate of drug-likeness (QED) is 0.763. The lowest BCUT2D eigenvalue weighted by molar-refractivity contribution is 0.112. The van der Waals surface area contributed by atoms with E-state index >= 15 is 0 Å². The van der Waals surface area contributed by atoms with Crippen molar-refractivity contribution in [2.24, 2.45) is 0 Å². The van der Waals surface area contributed by atoms with Crippen LogP contribution in [0.5, 0.6) is 0 Å². The minimum atomic E-state index is -0.725. The fourth-order valence-corrected chi connectivity index (χ4v) is 2.97. The first-order valence-electron chi connectivity index (χ1n) is 6.68. The van der Waals surface area contributed by atoms with Crippen LogP contribution < -0.4 is 0 Å². The Morgan fingerprint density at radius 1 is 1.15 bits per heavy atom. The van der Waals surface area contributed by atoms with Crippen molar-refractivity contribution in [2.45, 2.75) is 18.4 Å². The molecular formula is C17H13FO2. The molecule has 2 atom stereocenters. The van der Waals surface area contributed by atoms with Crippen LogP contribution in [0.15, 0.2) is 52.9 Å². The number of benzene rings is 2. The van der Waals surface area contributed by atoms with E-state index in [0.29, 0.717) is 11.1 Å². The van der Waals surface area contributed by atoms with Crippen LogP contribution in [0.4, 0.5) is 4.39 Å². The molecule has 1 N–H and O–H groups in total. The number of aliphatic hydroxyl groups excluding tert-OH is 1. The number of hydrogen-bond acceptors (Lipinski definition) is 2. The molecule has 20 heavy (non-hydrogen) atoms. The highest BCUT2D eigenvalue weighted by molar-refractivity contribution is 5.78. The van der Waals surface area contributed by atoms with E-state index < -0.39 is 11.9 Å². The number of fused-ring (bicyclic) bond motifs is 2. The number of aliphatic hydroxyl groups is 1. The van der Waals surface area contributed by atoms with E-state index in [9.17, 15) is 9.50 Å². The molecule has 4 rings (SSSR count). The van der Waals surface area contributed by atoms with E-state index in [1.165, 1.54) is 11.6 Å². The van der Waals surface area contributed by atoms with Crippen molar-refractivity contribution in [3.63, 3.8) is 0 Å². The smallest absolute Gasteiger partial charge is 0.170 e. The third-order valence-electron chi connectivity index (χ3n) is 4.08. The van der Waals surface area contributed by atoms with Gasteiger partial charge in [0.1, 0.15) is 11.9 Å². The van der Waals surface area contributed by atoms with Crippen LogP contribution in [-0.2, 0) is 6.42 Å². The highest BCUT2D eigenvalue weighted by atomic mass is 19.1. The second-order valence-corrected chi connectivity index (χ2v) is 5.26. The van der Waals surface area contributed by atoms with Crippen molar-refractivity contribution >= 4 is 11.0 Å². The van der Waals surface area contributed by atoms with Gasteiger partial charge < -0.3 is 9.52 Å². The Hall–Kier alpha value is -2.13. The Balaban J connectivity index is 1.72. The standard InChI is InChI=1S/C17H13FO2/c18-14-7-3-5-11-9-15(20-17(11)14)16(19)13-8-10-4-1-2-6-12(10)13/h1-7,9,13,16,19H,8H2. The van der Waals surface area contributed by atoms with E-state index in [4.69, 9.17) is 4.42 Å². The Bertz CT molecular complexity index is 791. The summed E-state index contributed by atoms with van der Waals surface area (Å²) in [6.07, 6.45) is 0.105. The van der Waals surface area contributed by atoms with Crippen molar-refractivity contribution in [2.75, 3.05) is 0 Å². The Labute approximate surface area is 115 Å². The van der Waals surface area contributed by atoms with Gasteiger partial charge in [0.25, 0.3) is 0 Å². The maximum atomic E-state index is 13.6. The molecule has 0 fully saturated rings. The molecule has 0 saturated heterocycles. The first-order chi connectivity index (χ1) is 9.74. The first kappa shape index (κ1) is 11.7. The molecule has 1 aliphatic rings. The molecule has 3 aromatic rings. The van der Waals surface area contributed by atoms with Crippen molar-refractivity contribution < 1.29 is 13.9 Å². The van der Waals surface area contributed by atoms with Gasteiger partial charge in [-0.05, 0) is 29.7 Å². The van der Waals surface area contributed by atoms with E-state index in [-0.39, 0.29) is 11.5 Å². The maximum Gasteiger partial charge on any atom is 0.170 e. The van der Waals surface area contributed by atoms with Crippen LogP contribution in [0.2, 0.25) is 0 Å². The normalized spacial score (nSPS) is 18.6. The first-order valence-corrected chi connectivity index (χ1v) is 6.68. The molecule has 1 aromatic heterocycles. The van der Waals surface area contributed by atoms with Gasteiger partial charge in [0.2, 0.25) is 0 Å². The minimum Gasteiger partial charge on any atom is -0.455 e. The summed E-state index contributed by atoms with van der Waals surface area (Å²) < 4.78 is 19.1. The van der Waals surface area contributed by atoms with Gasteiger partial charge in [-0.2, -0.15) is 0 Å². The molecule has 0 saturated carbocycles. The zero-order chi connectivity index (χ0) is 13.7. The van der Waals surface area contributed by atoms with Gasteiger partial charge in [-0.3, -0.25) is 0 Å². The lowest BCUT2D eigenvalue weighted by Gasteiger charge is -2.32. The number of rotatable bonds is 2. The van der Waals surface area contributed by atoms with Crippen LogP contribution in [0.25, 0.3) is 11.0 Å². The molecule has 2 nitrogen and oxygen atoms in total. The molecule has 3 heteroatoms. The lowest BCUT2D eigenvalue weighted by Crippen LogP contribution is -2.23. The minimum absolute atomic E-state index is 0.0369. The van der Waals surface area contributed by atoms with Gasteiger partial charge in [0.15, 0.2) is 11.4 Å². The van der Waals surface area contributed by atoms with Crippen LogP contribution in [0.1, 0.15) is 28.9 Å². The van der Waals surface area contributed by atoms with E-state index in [0.717, 1.165) is 12.0 Å². The van der Waals surface area contributed by atoms with Crippen molar-refractivity contribution in [3.8, 4) is 0 Å². The zero-order valence-electron chi connectivity index (χ0n) is 10.7. The molecule has 0 spiro atoms. The molecule has 2 unspecified atom stereocenters. The van der Waals surface area contributed by atoms with Gasteiger partial charge in [0.05, 0.1) is 0 Å². The third-order valence-corrected chi connectivity index (χ3v) is 4.08. The molecule has 2 aromatic carbocycles. The van der Waals surface area contributed by atoms with Crippen molar-refractivity contribution in [1.82, 2.24) is 0 Å². The van der Waals surface area contributed by atoms with Crippen molar-refractivity contribution in [1.29, 1.82) is 0 Å². The monoisotopic (exact) mass is 268 g/mol. The average Bonchev–Trinajstić information content (AvgIpc) is 2.85. The summed E-state index contributed by atoms with van der Waals surface area (Å²) in [5.74, 6) is 0.0781. The third kappa shape index (κ3) is 1.60. The summed E-state index contributed by atoms with van der Waals surface area (Å²) in [6, 6.07) is 14.6. The van der Waals surface area contributed by atoms with Crippen LogP contribution >= 0.6 is 0 Å². The summed E-state index contributed by atoms with van der Waals surface area (Å²) >= 11 is 0. The number of halogens is 1. The number of furan rings is 1. The Morgan fingerprint density at radius 2 is 2.00 bits per heavy atom. The maximum absolute atomic E-state index is 13.6. The fraction of sp³-hybridized carbons (Fsp3) is 0.176. The zero-order valence-corrected chi connectivity index (χ0v) is 10.7. The van der Waals surface area contributed by atoms with E-state index in [1.54, 1.807) is 18.2 Å². The summed E-state index contributed by atoms with van der Waals surface area (Å²) in [5, 5.41) is 11.1. The predicted octanol–water partition coefficient (Wildman–Crippen LogP) is 3.95. The van der Waals surface area contributed by atoms with Gasteiger partial charge >= 0.3 is 0 Å². The number of hydrogen-bond donors (Lipinski definition) is 1. The summed E-state index contributed by atoms with van der Waals surface area (Å²) in [5.41, 5.74) is 2.63. The van der Waals surface area contributed by atoms with Crippen LogP contribution in [0.3, 0.4) is 0 Å². The molecule has 1 aliphatic carbocycles. The topological polar surface area (TPSA) is 33.4 Å². The average molecular weight is 268 g/mol. The summed E-state index contributed by atoms with van der Waals surface area (Å²) in [6.45, 7) is 0. The summed E-state index contributed by atoms with van der Waals surface area (Å²) in [7, 11) is 0. The molecule has 1 heterocycles. The van der Waals surface area contributed by atoms with Gasteiger partial charge in [-0.15, -0.1) is 0 Å². The van der Waals surface area contributed by atoms with Crippen molar-refractivity contribution in [3.05, 3.63) is 71.2 Å². The predicted molar refractivity (Wildman–Crippen MR) is 74.0 cm³/mol. The highest BCUT2D eigenvalue weighted by Crippen LogP contribution is 2.44. The highest BCUT2D eigenvalue weighted by Gasteiger charge is 2.34. The summed E-state index contributed by atoms with van der Waals surface area (Å²) in [4.78, 5) is 0. The van der Waals surface area contributed by atoms with E-state index in [2.05, 4.69) is 6.07 Å². The van der Waals surface area contributed by atoms with Crippen LogP contribution in [0, 0.1) is 5.82 Å². The molecular weight excluding hydrogens is 255 g/mol.